The number of aryl methyl sites for hydroxylation is 1. The van der Waals surface area contributed by atoms with Crippen molar-refractivity contribution in [3.05, 3.63) is 22.4 Å². The van der Waals surface area contributed by atoms with Crippen LogP contribution in [-0.2, 0) is 6.42 Å². The van der Waals surface area contributed by atoms with Crippen LogP contribution in [0.1, 0.15) is 50.5 Å². The first kappa shape index (κ1) is 11.7. The summed E-state index contributed by atoms with van der Waals surface area (Å²) >= 11 is 1.83. The molecule has 1 aromatic heterocycles. The molecule has 0 radical (unpaired) electrons. The van der Waals surface area contributed by atoms with Crippen molar-refractivity contribution in [2.24, 2.45) is 5.41 Å². The van der Waals surface area contributed by atoms with Crippen molar-refractivity contribution in [2.75, 3.05) is 6.54 Å². The van der Waals surface area contributed by atoms with E-state index >= 15 is 0 Å². The number of nitrogens with one attached hydrogen (secondary N) is 1. The molecule has 0 atom stereocenters. The summed E-state index contributed by atoms with van der Waals surface area (Å²) in [7, 11) is 0. The molecule has 0 bridgehead atoms. The summed E-state index contributed by atoms with van der Waals surface area (Å²) in [5.74, 6) is 0. The monoisotopic (exact) mass is 249 g/mol. The van der Waals surface area contributed by atoms with Crippen molar-refractivity contribution >= 4 is 11.3 Å². The number of rotatable bonds is 6. The Hall–Kier alpha value is -0.340. The van der Waals surface area contributed by atoms with E-state index in [2.05, 4.69) is 22.1 Å². The fourth-order valence-corrected chi connectivity index (χ4v) is 3.84. The quantitative estimate of drug-likeness (QED) is 0.803. The van der Waals surface area contributed by atoms with E-state index in [0.717, 1.165) is 6.04 Å². The molecule has 0 saturated heterocycles. The summed E-state index contributed by atoms with van der Waals surface area (Å²) in [5.41, 5.74) is 2.18. The number of hydrogen-bond acceptors (Lipinski definition) is 2. The maximum atomic E-state index is 3.77. The summed E-state index contributed by atoms with van der Waals surface area (Å²) < 4.78 is 0. The molecule has 17 heavy (non-hydrogen) atoms. The lowest BCUT2D eigenvalue weighted by Gasteiger charge is -2.29. The Morgan fingerprint density at radius 1 is 1.29 bits per heavy atom. The highest BCUT2D eigenvalue weighted by Gasteiger charge is 2.34. The molecule has 94 valence electrons. The first-order chi connectivity index (χ1) is 8.36. The van der Waals surface area contributed by atoms with Gasteiger partial charge < -0.3 is 5.32 Å². The maximum absolute atomic E-state index is 3.77. The summed E-state index contributed by atoms with van der Waals surface area (Å²) in [5, 5.41) is 8.30. The fraction of sp³-hybridized carbons (Fsp3) is 0.733. The van der Waals surface area contributed by atoms with Gasteiger partial charge in [0.05, 0.1) is 0 Å². The predicted molar refractivity (Wildman–Crippen MR) is 74.6 cm³/mol. The minimum atomic E-state index is 0.629. The van der Waals surface area contributed by atoms with Gasteiger partial charge in [-0.15, -0.1) is 0 Å². The molecule has 0 aromatic carbocycles. The van der Waals surface area contributed by atoms with Crippen LogP contribution in [0.15, 0.2) is 16.8 Å². The molecule has 1 aromatic rings. The summed E-state index contributed by atoms with van der Waals surface area (Å²) in [4.78, 5) is 0. The first-order valence-corrected chi connectivity index (χ1v) is 8.05. The molecule has 2 fully saturated rings. The molecule has 2 heteroatoms. The van der Waals surface area contributed by atoms with Crippen LogP contribution in [0.4, 0.5) is 0 Å². The van der Waals surface area contributed by atoms with Gasteiger partial charge in [-0.25, -0.2) is 0 Å². The lowest BCUT2D eigenvalue weighted by atomic mass is 9.80. The topological polar surface area (TPSA) is 12.0 Å². The zero-order valence-electron chi connectivity index (χ0n) is 10.6. The molecule has 2 aliphatic carbocycles. The van der Waals surface area contributed by atoms with Crippen LogP contribution in [0.2, 0.25) is 0 Å². The Bertz CT molecular complexity index is 334. The van der Waals surface area contributed by atoms with Crippen LogP contribution in [-0.4, -0.2) is 12.6 Å². The second-order valence-corrected chi connectivity index (χ2v) is 6.77. The SMILES string of the molecule is c1cc(CCC2(CNC3CC3)CCCC2)cs1. The van der Waals surface area contributed by atoms with Crippen LogP contribution >= 0.6 is 11.3 Å². The predicted octanol–water partition coefficient (Wildman–Crippen LogP) is 3.99. The van der Waals surface area contributed by atoms with Crippen LogP contribution in [0.5, 0.6) is 0 Å². The van der Waals surface area contributed by atoms with Gasteiger partial charge in [0.25, 0.3) is 0 Å². The Morgan fingerprint density at radius 3 is 2.76 bits per heavy atom. The van der Waals surface area contributed by atoms with Crippen molar-refractivity contribution in [3.63, 3.8) is 0 Å². The maximum Gasteiger partial charge on any atom is 0.00684 e. The number of thiophene rings is 1. The molecule has 0 aliphatic heterocycles. The van der Waals surface area contributed by atoms with Crippen molar-refractivity contribution in [3.8, 4) is 0 Å². The van der Waals surface area contributed by atoms with Crippen molar-refractivity contribution < 1.29 is 0 Å². The standard InChI is InChI=1S/C15H23NS/c1-2-8-15(7-1,12-16-14-3-4-14)9-5-13-6-10-17-11-13/h6,10-11,14,16H,1-5,7-9,12H2. The zero-order valence-corrected chi connectivity index (χ0v) is 11.4. The Kier molecular flexibility index (Phi) is 3.53. The van der Waals surface area contributed by atoms with E-state index in [1.54, 1.807) is 5.56 Å². The van der Waals surface area contributed by atoms with Crippen LogP contribution in [0.3, 0.4) is 0 Å². The third kappa shape index (κ3) is 3.11. The normalized spacial score (nSPS) is 23.1. The molecule has 3 rings (SSSR count). The molecule has 1 N–H and O–H groups in total. The minimum absolute atomic E-state index is 0.629. The van der Waals surface area contributed by atoms with E-state index in [4.69, 9.17) is 0 Å². The molecule has 0 spiro atoms. The third-order valence-corrected chi connectivity index (χ3v) is 5.26. The van der Waals surface area contributed by atoms with Crippen molar-refractivity contribution in [1.82, 2.24) is 5.32 Å². The van der Waals surface area contributed by atoms with Gasteiger partial charge >= 0.3 is 0 Å². The highest BCUT2D eigenvalue weighted by molar-refractivity contribution is 7.07. The first-order valence-electron chi connectivity index (χ1n) is 7.11. The number of hydrogen-bond donors (Lipinski definition) is 1. The van der Waals surface area contributed by atoms with Gasteiger partial charge in [-0.05, 0) is 66.3 Å². The molecule has 1 nitrogen and oxygen atoms in total. The Morgan fingerprint density at radius 2 is 2.12 bits per heavy atom. The zero-order chi connectivity index (χ0) is 11.6. The van der Waals surface area contributed by atoms with E-state index in [-0.39, 0.29) is 0 Å². The lowest BCUT2D eigenvalue weighted by Crippen LogP contribution is -2.33. The van der Waals surface area contributed by atoms with Gasteiger partial charge in [0.1, 0.15) is 0 Å². The Labute approximate surface area is 109 Å². The average molecular weight is 249 g/mol. The molecular weight excluding hydrogens is 226 g/mol. The van der Waals surface area contributed by atoms with Crippen LogP contribution < -0.4 is 5.32 Å². The average Bonchev–Trinajstić information content (AvgIpc) is 2.86. The minimum Gasteiger partial charge on any atom is -0.313 e. The van der Waals surface area contributed by atoms with Gasteiger partial charge in [0, 0.05) is 12.6 Å². The van der Waals surface area contributed by atoms with E-state index in [0.29, 0.717) is 5.41 Å². The van der Waals surface area contributed by atoms with Crippen molar-refractivity contribution in [2.45, 2.75) is 57.4 Å². The van der Waals surface area contributed by atoms with Gasteiger partial charge in [-0.2, -0.15) is 11.3 Å². The van der Waals surface area contributed by atoms with E-state index in [9.17, 15) is 0 Å². The lowest BCUT2D eigenvalue weighted by molar-refractivity contribution is 0.256. The summed E-state index contributed by atoms with van der Waals surface area (Å²) in [6, 6.07) is 3.16. The largest absolute Gasteiger partial charge is 0.313 e. The van der Waals surface area contributed by atoms with Gasteiger partial charge in [-0.1, -0.05) is 12.8 Å². The van der Waals surface area contributed by atoms with Crippen molar-refractivity contribution in [1.29, 1.82) is 0 Å². The highest BCUT2D eigenvalue weighted by atomic mass is 32.1. The third-order valence-electron chi connectivity index (χ3n) is 4.53. The fourth-order valence-electron chi connectivity index (χ4n) is 3.13. The highest BCUT2D eigenvalue weighted by Crippen LogP contribution is 2.42. The summed E-state index contributed by atoms with van der Waals surface area (Å²) in [6.45, 7) is 1.28. The van der Waals surface area contributed by atoms with E-state index in [1.165, 1.54) is 57.9 Å². The van der Waals surface area contributed by atoms with E-state index in [1.807, 2.05) is 11.3 Å². The second kappa shape index (κ2) is 5.11. The second-order valence-electron chi connectivity index (χ2n) is 5.99. The van der Waals surface area contributed by atoms with Crippen LogP contribution in [0, 0.1) is 5.41 Å². The smallest absolute Gasteiger partial charge is 0.00684 e. The van der Waals surface area contributed by atoms with E-state index < -0.39 is 0 Å². The van der Waals surface area contributed by atoms with Gasteiger partial charge in [0.15, 0.2) is 0 Å². The molecule has 1 heterocycles. The molecule has 2 saturated carbocycles. The molecule has 0 unspecified atom stereocenters. The van der Waals surface area contributed by atoms with Crippen LogP contribution in [0.25, 0.3) is 0 Å². The molecular formula is C15H23NS. The van der Waals surface area contributed by atoms with Gasteiger partial charge in [0.2, 0.25) is 0 Å². The van der Waals surface area contributed by atoms with Gasteiger partial charge in [-0.3, -0.25) is 0 Å². The molecule has 2 aliphatic rings. The Balaban J connectivity index is 1.54. The molecule has 0 amide bonds. The summed E-state index contributed by atoms with van der Waals surface area (Å²) in [6.07, 6.45) is 11.3.